The number of amides is 1. The van der Waals surface area contributed by atoms with Gasteiger partial charge in [0.15, 0.2) is 0 Å². The SMILES string of the molecule is O=C(O)c1cc(Cl)cc(NC(=O)C2Cc3ccccc32)c1. The van der Waals surface area contributed by atoms with Crippen LogP contribution >= 0.6 is 11.6 Å². The number of hydrogen-bond acceptors (Lipinski definition) is 2. The highest BCUT2D eigenvalue weighted by Crippen LogP contribution is 2.35. The normalized spacial score (nSPS) is 15.8. The summed E-state index contributed by atoms with van der Waals surface area (Å²) in [6, 6.07) is 12.1. The molecule has 0 fully saturated rings. The summed E-state index contributed by atoms with van der Waals surface area (Å²) in [5.41, 5.74) is 2.64. The Morgan fingerprint density at radius 3 is 2.67 bits per heavy atom. The van der Waals surface area contributed by atoms with Gasteiger partial charge in [0.05, 0.1) is 11.5 Å². The van der Waals surface area contributed by atoms with Gasteiger partial charge < -0.3 is 10.4 Å². The number of hydrogen-bond donors (Lipinski definition) is 2. The van der Waals surface area contributed by atoms with Crippen LogP contribution in [0, 0.1) is 0 Å². The molecule has 1 atom stereocenters. The quantitative estimate of drug-likeness (QED) is 0.914. The highest BCUT2D eigenvalue weighted by Gasteiger charge is 2.31. The standard InChI is InChI=1S/C16H12ClNO3/c17-11-5-10(16(20)21)6-12(8-11)18-15(19)14-7-9-3-1-2-4-13(9)14/h1-6,8,14H,7H2,(H,18,19)(H,20,21). The molecule has 0 spiro atoms. The molecule has 1 unspecified atom stereocenters. The van der Waals surface area contributed by atoms with Crippen molar-refractivity contribution in [3.8, 4) is 0 Å². The number of carbonyl (C=O) groups is 2. The maximum atomic E-state index is 12.2. The molecule has 1 aliphatic rings. The molecule has 2 aromatic carbocycles. The van der Waals surface area contributed by atoms with Crippen molar-refractivity contribution in [3.63, 3.8) is 0 Å². The molecule has 0 bridgehead atoms. The number of benzene rings is 2. The van der Waals surface area contributed by atoms with E-state index in [1.165, 1.54) is 23.8 Å². The van der Waals surface area contributed by atoms with Crippen molar-refractivity contribution < 1.29 is 14.7 Å². The zero-order valence-electron chi connectivity index (χ0n) is 11.0. The van der Waals surface area contributed by atoms with E-state index in [0.29, 0.717) is 12.1 Å². The van der Waals surface area contributed by atoms with Crippen molar-refractivity contribution in [2.75, 3.05) is 5.32 Å². The largest absolute Gasteiger partial charge is 0.478 e. The maximum absolute atomic E-state index is 12.2. The lowest BCUT2D eigenvalue weighted by molar-refractivity contribution is -0.118. The summed E-state index contributed by atoms with van der Waals surface area (Å²) in [5, 5.41) is 12.0. The third-order valence-electron chi connectivity index (χ3n) is 3.58. The van der Waals surface area contributed by atoms with E-state index >= 15 is 0 Å². The monoisotopic (exact) mass is 301 g/mol. The predicted molar refractivity (Wildman–Crippen MR) is 79.9 cm³/mol. The summed E-state index contributed by atoms with van der Waals surface area (Å²) < 4.78 is 0. The zero-order chi connectivity index (χ0) is 15.0. The Balaban J connectivity index is 1.79. The topological polar surface area (TPSA) is 66.4 Å². The highest BCUT2D eigenvalue weighted by molar-refractivity contribution is 6.31. The lowest BCUT2D eigenvalue weighted by Crippen LogP contribution is -2.30. The minimum atomic E-state index is -1.08. The smallest absolute Gasteiger partial charge is 0.335 e. The molecule has 1 aliphatic carbocycles. The fraction of sp³-hybridized carbons (Fsp3) is 0.125. The third kappa shape index (κ3) is 2.62. The fourth-order valence-corrected chi connectivity index (χ4v) is 2.74. The summed E-state index contributed by atoms with van der Waals surface area (Å²) >= 11 is 5.87. The van der Waals surface area contributed by atoms with Crippen LogP contribution in [0.3, 0.4) is 0 Å². The molecule has 21 heavy (non-hydrogen) atoms. The van der Waals surface area contributed by atoms with Crippen LogP contribution in [0.5, 0.6) is 0 Å². The first-order chi connectivity index (χ1) is 10.0. The van der Waals surface area contributed by atoms with E-state index < -0.39 is 5.97 Å². The number of anilines is 1. The molecular weight excluding hydrogens is 290 g/mol. The minimum Gasteiger partial charge on any atom is -0.478 e. The third-order valence-corrected chi connectivity index (χ3v) is 3.80. The summed E-state index contributed by atoms with van der Waals surface area (Å²) in [6.07, 6.45) is 0.703. The van der Waals surface area contributed by atoms with Gasteiger partial charge in [-0.15, -0.1) is 0 Å². The van der Waals surface area contributed by atoms with Gasteiger partial charge in [-0.2, -0.15) is 0 Å². The molecule has 1 amide bonds. The average Bonchev–Trinajstić information content (AvgIpc) is 2.39. The molecule has 5 heteroatoms. The van der Waals surface area contributed by atoms with Crippen LogP contribution in [0.15, 0.2) is 42.5 Å². The van der Waals surface area contributed by atoms with Gasteiger partial charge in [-0.05, 0) is 35.7 Å². The molecule has 0 saturated carbocycles. The van der Waals surface area contributed by atoms with Gasteiger partial charge in [0.1, 0.15) is 0 Å². The lowest BCUT2D eigenvalue weighted by Gasteiger charge is -2.28. The predicted octanol–water partition coefficient (Wildman–Crippen LogP) is 3.32. The Bertz CT molecular complexity index is 742. The minimum absolute atomic E-state index is 0.0480. The van der Waals surface area contributed by atoms with E-state index in [1.54, 1.807) is 0 Å². The maximum Gasteiger partial charge on any atom is 0.335 e. The molecule has 0 heterocycles. The lowest BCUT2D eigenvalue weighted by atomic mass is 9.77. The first kappa shape index (κ1) is 13.6. The molecule has 3 rings (SSSR count). The van der Waals surface area contributed by atoms with Gasteiger partial charge in [-0.3, -0.25) is 4.79 Å². The number of carboxylic acids is 1. The van der Waals surface area contributed by atoms with Crippen LogP contribution in [0.2, 0.25) is 5.02 Å². The Hall–Kier alpha value is -2.33. The first-order valence-electron chi connectivity index (χ1n) is 6.47. The number of carboxylic acid groups (broad SMARTS) is 1. The fourth-order valence-electron chi connectivity index (χ4n) is 2.51. The van der Waals surface area contributed by atoms with Crippen molar-refractivity contribution in [3.05, 3.63) is 64.2 Å². The number of rotatable bonds is 3. The van der Waals surface area contributed by atoms with Crippen molar-refractivity contribution >= 4 is 29.2 Å². The number of halogens is 1. The Morgan fingerprint density at radius 2 is 1.95 bits per heavy atom. The number of carbonyl (C=O) groups excluding carboxylic acids is 1. The Labute approximate surface area is 126 Å². The molecule has 2 aromatic rings. The van der Waals surface area contributed by atoms with E-state index in [1.807, 2.05) is 24.3 Å². The number of nitrogens with one attached hydrogen (secondary N) is 1. The van der Waals surface area contributed by atoms with Gasteiger partial charge in [0.25, 0.3) is 0 Å². The average molecular weight is 302 g/mol. The first-order valence-corrected chi connectivity index (χ1v) is 6.85. The molecular formula is C16H12ClNO3. The van der Waals surface area contributed by atoms with E-state index in [4.69, 9.17) is 16.7 Å². The van der Waals surface area contributed by atoms with Crippen LogP contribution in [-0.2, 0) is 11.2 Å². The number of aromatic carboxylic acids is 1. The molecule has 0 aliphatic heterocycles. The van der Waals surface area contributed by atoms with Crippen LogP contribution in [0.1, 0.15) is 27.4 Å². The highest BCUT2D eigenvalue weighted by atomic mass is 35.5. The Kier molecular flexibility index (Phi) is 3.39. The summed E-state index contributed by atoms with van der Waals surface area (Å²) in [7, 11) is 0. The van der Waals surface area contributed by atoms with Gasteiger partial charge in [0.2, 0.25) is 5.91 Å². The second-order valence-electron chi connectivity index (χ2n) is 4.98. The van der Waals surface area contributed by atoms with Gasteiger partial charge in [-0.25, -0.2) is 4.79 Å². The number of fused-ring (bicyclic) bond motifs is 1. The Morgan fingerprint density at radius 1 is 1.19 bits per heavy atom. The molecule has 0 radical (unpaired) electrons. The van der Waals surface area contributed by atoms with Crippen LogP contribution in [-0.4, -0.2) is 17.0 Å². The van der Waals surface area contributed by atoms with Gasteiger partial charge in [-0.1, -0.05) is 35.9 Å². The van der Waals surface area contributed by atoms with E-state index in [9.17, 15) is 9.59 Å². The van der Waals surface area contributed by atoms with Crippen LogP contribution < -0.4 is 5.32 Å². The van der Waals surface area contributed by atoms with Gasteiger partial charge in [0, 0.05) is 10.7 Å². The summed E-state index contributed by atoms with van der Waals surface area (Å²) in [4.78, 5) is 23.2. The molecule has 0 aromatic heterocycles. The van der Waals surface area contributed by atoms with Crippen molar-refractivity contribution in [2.24, 2.45) is 0 Å². The second kappa shape index (κ2) is 5.22. The van der Waals surface area contributed by atoms with E-state index in [0.717, 1.165) is 5.56 Å². The molecule has 106 valence electrons. The van der Waals surface area contributed by atoms with E-state index in [2.05, 4.69) is 5.32 Å². The van der Waals surface area contributed by atoms with Crippen molar-refractivity contribution in [1.82, 2.24) is 0 Å². The van der Waals surface area contributed by atoms with Gasteiger partial charge >= 0.3 is 5.97 Å². The zero-order valence-corrected chi connectivity index (χ0v) is 11.7. The second-order valence-corrected chi connectivity index (χ2v) is 5.41. The van der Waals surface area contributed by atoms with Crippen molar-refractivity contribution in [1.29, 1.82) is 0 Å². The summed E-state index contributed by atoms with van der Waals surface area (Å²) in [6.45, 7) is 0. The summed E-state index contributed by atoms with van der Waals surface area (Å²) in [5.74, 6) is -1.41. The van der Waals surface area contributed by atoms with E-state index in [-0.39, 0.29) is 22.4 Å². The van der Waals surface area contributed by atoms with Crippen LogP contribution in [0.4, 0.5) is 5.69 Å². The molecule has 4 nitrogen and oxygen atoms in total. The van der Waals surface area contributed by atoms with Crippen LogP contribution in [0.25, 0.3) is 0 Å². The molecule has 2 N–H and O–H groups in total. The molecule has 0 saturated heterocycles. The van der Waals surface area contributed by atoms with Crippen molar-refractivity contribution in [2.45, 2.75) is 12.3 Å².